The summed E-state index contributed by atoms with van der Waals surface area (Å²) in [7, 11) is 0. The summed E-state index contributed by atoms with van der Waals surface area (Å²) in [6.45, 7) is 3.89. The van der Waals surface area contributed by atoms with E-state index < -0.39 is 0 Å². The molecule has 0 spiro atoms. The Hall–Kier alpha value is -0.610. The fourth-order valence-corrected chi connectivity index (χ4v) is 3.02. The molecular weight excluding hydrogens is 238 g/mol. The summed E-state index contributed by atoms with van der Waals surface area (Å²) in [6, 6.07) is 6.18. The van der Waals surface area contributed by atoms with Gasteiger partial charge in [-0.25, -0.2) is 0 Å². The van der Waals surface area contributed by atoms with Crippen molar-refractivity contribution in [3.63, 3.8) is 0 Å². The maximum Gasteiger partial charge on any atom is 0.240 e. The van der Waals surface area contributed by atoms with Crippen molar-refractivity contribution >= 4 is 36.0 Å². The average molecular weight is 253 g/mol. The number of thioether (sulfide) groups is 1. The second kappa shape index (κ2) is 4.34. The van der Waals surface area contributed by atoms with Crippen molar-refractivity contribution in [2.75, 3.05) is 11.1 Å². The summed E-state index contributed by atoms with van der Waals surface area (Å²) in [4.78, 5) is 12.9. The number of aryl methyl sites for hydroxylation is 1. The van der Waals surface area contributed by atoms with Gasteiger partial charge < -0.3 is 5.32 Å². The molecule has 0 bridgehead atoms. The van der Waals surface area contributed by atoms with E-state index in [0.717, 1.165) is 22.8 Å². The highest BCUT2D eigenvalue weighted by atomic mass is 32.2. The molecular formula is C12H15NOS2. The second-order valence-electron chi connectivity index (χ2n) is 4.37. The van der Waals surface area contributed by atoms with Crippen LogP contribution in [0.25, 0.3) is 0 Å². The third-order valence-electron chi connectivity index (χ3n) is 2.61. The maximum absolute atomic E-state index is 11.7. The van der Waals surface area contributed by atoms with Crippen molar-refractivity contribution in [1.82, 2.24) is 0 Å². The number of carbonyl (C=O) groups is 1. The van der Waals surface area contributed by atoms with Crippen LogP contribution >= 0.6 is 24.4 Å². The Morgan fingerprint density at radius 3 is 2.88 bits per heavy atom. The van der Waals surface area contributed by atoms with Gasteiger partial charge in [0.05, 0.1) is 10.4 Å². The van der Waals surface area contributed by atoms with Crippen LogP contribution in [0, 0.1) is 0 Å². The van der Waals surface area contributed by atoms with Crippen LogP contribution in [0.5, 0.6) is 0 Å². The first kappa shape index (κ1) is 11.9. The van der Waals surface area contributed by atoms with Crippen molar-refractivity contribution in [2.45, 2.75) is 29.9 Å². The number of carbonyl (C=O) groups excluding carboxylic acids is 1. The summed E-state index contributed by atoms with van der Waals surface area (Å²) in [5.74, 6) is 0.922. The molecule has 1 aromatic carbocycles. The van der Waals surface area contributed by atoms with Gasteiger partial charge in [-0.3, -0.25) is 4.79 Å². The molecule has 86 valence electrons. The molecule has 1 heterocycles. The predicted molar refractivity (Wildman–Crippen MR) is 72.6 cm³/mol. The maximum atomic E-state index is 11.7. The molecule has 1 amide bonds. The average Bonchev–Trinajstić information content (AvgIpc) is 2.20. The molecule has 1 N–H and O–H groups in total. The zero-order valence-corrected chi connectivity index (χ0v) is 11.1. The van der Waals surface area contributed by atoms with E-state index in [4.69, 9.17) is 0 Å². The van der Waals surface area contributed by atoms with E-state index in [1.807, 2.05) is 26.0 Å². The molecule has 0 aliphatic carbocycles. The van der Waals surface area contributed by atoms with Gasteiger partial charge in [-0.1, -0.05) is 6.07 Å². The molecule has 0 saturated heterocycles. The molecule has 0 saturated carbocycles. The van der Waals surface area contributed by atoms with Gasteiger partial charge in [0.2, 0.25) is 5.91 Å². The molecule has 0 radical (unpaired) electrons. The van der Waals surface area contributed by atoms with Gasteiger partial charge in [0.1, 0.15) is 0 Å². The fraction of sp³-hybridized carbons (Fsp3) is 0.417. The standard InChI is InChI=1S/C12H15NOS2/c1-12(2)11(14)13-9-4-3-8(5-6-15)7-10(9)16-12/h3-4,7,15H,5-6H2,1-2H3,(H,13,14). The number of fused-ring (bicyclic) bond motifs is 1. The molecule has 0 fully saturated rings. The normalized spacial score (nSPS) is 17.8. The quantitative estimate of drug-likeness (QED) is 0.793. The van der Waals surface area contributed by atoms with Gasteiger partial charge in [-0.05, 0) is 43.7 Å². The van der Waals surface area contributed by atoms with Gasteiger partial charge in [0, 0.05) is 4.90 Å². The number of anilines is 1. The Bertz CT molecular complexity index is 429. The van der Waals surface area contributed by atoms with E-state index in [2.05, 4.69) is 24.0 Å². The number of benzene rings is 1. The lowest BCUT2D eigenvalue weighted by molar-refractivity contribution is -0.117. The first-order valence-corrected chi connectivity index (χ1v) is 6.72. The molecule has 4 heteroatoms. The van der Waals surface area contributed by atoms with Crippen LogP contribution in [-0.4, -0.2) is 16.4 Å². The van der Waals surface area contributed by atoms with Crippen molar-refractivity contribution in [2.24, 2.45) is 0 Å². The number of hydrogen-bond acceptors (Lipinski definition) is 3. The molecule has 2 nitrogen and oxygen atoms in total. The molecule has 1 aliphatic heterocycles. The number of amides is 1. The lowest BCUT2D eigenvalue weighted by Crippen LogP contribution is -2.37. The minimum absolute atomic E-state index is 0.0759. The zero-order chi connectivity index (χ0) is 11.8. The van der Waals surface area contributed by atoms with Gasteiger partial charge in [0.25, 0.3) is 0 Å². The van der Waals surface area contributed by atoms with Gasteiger partial charge in [0.15, 0.2) is 0 Å². The van der Waals surface area contributed by atoms with E-state index in [0.29, 0.717) is 0 Å². The van der Waals surface area contributed by atoms with E-state index in [-0.39, 0.29) is 10.7 Å². The van der Waals surface area contributed by atoms with Crippen molar-refractivity contribution in [3.8, 4) is 0 Å². The van der Waals surface area contributed by atoms with Crippen LogP contribution in [0.1, 0.15) is 19.4 Å². The van der Waals surface area contributed by atoms with Crippen LogP contribution in [0.15, 0.2) is 23.1 Å². The smallest absolute Gasteiger partial charge is 0.240 e. The number of thiol groups is 1. The number of nitrogens with one attached hydrogen (secondary N) is 1. The minimum atomic E-state index is -0.382. The summed E-state index contributed by atoms with van der Waals surface area (Å²) in [6.07, 6.45) is 0.964. The van der Waals surface area contributed by atoms with Gasteiger partial charge in [-0.2, -0.15) is 12.6 Å². The predicted octanol–water partition coefficient (Wildman–Crippen LogP) is 2.98. The molecule has 1 aromatic rings. The first-order valence-electron chi connectivity index (χ1n) is 5.27. The summed E-state index contributed by atoms with van der Waals surface area (Å²) >= 11 is 5.86. The lowest BCUT2D eigenvalue weighted by atomic mass is 10.1. The third-order valence-corrected chi connectivity index (χ3v) is 4.08. The monoisotopic (exact) mass is 253 g/mol. The van der Waals surface area contributed by atoms with E-state index >= 15 is 0 Å². The molecule has 16 heavy (non-hydrogen) atoms. The lowest BCUT2D eigenvalue weighted by Gasteiger charge is -2.30. The minimum Gasteiger partial charge on any atom is -0.324 e. The Morgan fingerprint density at radius 1 is 1.44 bits per heavy atom. The molecule has 2 rings (SSSR count). The Kier molecular flexibility index (Phi) is 3.22. The van der Waals surface area contributed by atoms with Crippen molar-refractivity contribution in [3.05, 3.63) is 23.8 Å². The van der Waals surface area contributed by atoms with Crippen LogP contribution < -0.4 is 5.32 Å². The topological polar surface area (TPSA) is 29.1 Å². The highest BCUT2D eigenvalue weighted by Gasteiger charge is 2.34. The number of rotatable bonds is 2. The number of hydrogen-bond donors (Lipinski definition) is 2. The second-order valence-corrected chi connectivity index (χ2v) is 6.48. The Morgan fingerprint density at radius 2 is 2.19 bits per heavy atom. The Balaban J connectivity index is 2.34. The molecule has 0 unspecified atom stereocenters. The van der Waals surface area contributed by atoms with Crippen LogP contribution in [-0.2, 0) is 11.2 Å². The van der Waals surface area contributed by atoms with E-state index in [1.54, 1.807) is 11.8 Å². The highest BCUT2D eigenvalue weighted by Crippen LogP contribution is 2.42. The third kappa shape index (κ3) is 2.23. The summed E-state index contributed by atoms with van der Waals surface area (Å²) in [5.41, 5.74) is 2.20. The van der Waals surface area contributed by atoms with Crippen molar-refractivity contribution < 1.29 is 4.79 Å². The van der Waals surface area contributed by atoms with E-state index in [9.17, 15) is 4.79 Å². The van der Waals surface area contributed by atoms with Crippen LogP contribution in [0.4, 0.5) is 5.69 Å². The van der Waals surface area contributed by atoms with Gasteiger partial charge >= 0.3 is 0 Å². The fourth-order valence-electron chi connectivity index (χ4n) is 1.63. The molecule has 0 aromatic heterocycles. The first-order chi connectivity index (χ1) is 7.53. The SMILES string of the molecule is CC1(C)Sc2cc(CCS)ccc2NC1=O. The van der Waals surface area contributed by atoms with Crippen molar-refractivity contribution in [1.29, 1.82) is 0 Å². The Labute approximate surface area is 106 Å². The van der Waals surface area contributed by atoms with E-state index in [1.165, 1.54) is 5.56 Å². The largest absolute Gasteiger partial charge is 0.324 e. The van der Waals surface area contributed by atoms with Crippen LogP contribution in [0.2, 0.25) is 0 Å². The summed E-state index contributed by atoms with van der Waals surface area (Å²) in [5, 5.41) is 2.94. The summed E-state index contributed by atoms with van der Waals surface area (Å²) < 4.78 is -0.382. The molecule has 1 aliphatic rings. The van der Waals surface area contributed by atoms with Crippen LogP contribution in [0.3, 0.4) is 0 Å². The van der Waals surface area contributed by atoms with Gasteiger partial charge in [-0.15, -0.1) is 11.8 Å². The molecule has 0 atom stereocenters. The highest BCUT2D eigenvalue weighted by molar-refractivity contribution is 8.01. The zero-order valence-electron chi connectivity index (χ0n) is 9.41.